The van der Waals surface area contributed by atoms with Crippen molar-refractivity contribution in [1.82, 2.24) is 4.90 Å². The second kappa shape index (κ2) is 4.21. The van der Waals surface area contributed by atoms with Crippen molar-refractivity contribution < 1.29 is 26.4 Å². The number of hydrogen-bond acceptors (Lipinski definition) is 3. The summed E-state index contributed by atoms with van der Waals surface area (Å²) in [5.41, 5.74) is 0. The average molecular weight is 260 g/mol. The topological polar surface area (TPSA) is 80.5 Å². The maximum atomic E-state index is 12.1. The summed E-state index contributed by atoms with van der Waals surface area (Å²) in [5, 5.41) is 3.73. The van der Waals surface area contributed by atoms with Gasteiger partial charge >= 0.3 is 12.1 Å². The van der Waals surface area contributed by atoms with E-state index < -0.39 is 33.9 Å². The van der Waals surface area contributed by atoms with Crippen LogP contribution in [0.5, 0.6) is 0 Å². The molecule has 16 heavy (non-hydrogen) atoms. The molecule has 9 heteroatoms. The van der Waals surface area contributed by atoms with Crippen LogP contribution in [0.3, 0.4) is 0 Å². The van der Waals surface area contributed by atoms with E-state index in [1.54, 1.807) is 0 Å². The molecular weight excluding hydrogens is 249 g/mol. The van der Waals surface area contributed by atoms with Crippen molar-refractivity contribution in [2.45, 2.75) is 24.3 Å². The number of halogens is 3. The van der Waals surface area contributed by atoms with E-state index in [1.165, 1.54) is 0 Å². The number of likely N-dealkylation sites (tertiary alicyclic amines) is 1. The molecule has 0 aromatic carbocycles. The van der Waals surface area contributed by atoms with Gasteiger partial charge in [-0.05, 0) is 12.8 Å². The first kappa shape index (κ1) is 13.2. The summed E-state index contributed by atoms with van der Waals surface area (Å²) in [5.74, 6) is -2.01. The second-order valence-electron chi connectivity index (χ2n) is 3.60. The molecule has 0 aromatic heterocycles. The van der Waals surface area contributed by atoms with Gasteiger partial charge in [0, 0.05) is 13.1 Å². The van der Waals surface area contributed by atoms with Crippen LogP contribution < -0.4 is 5.14 Å². The van der Waals surface area contributed by atoms with Crippen LogP contribution in [-0.2, 0) is 14.8 Å². The van der Waals surface area contributed by atoms with E-state index in [1.807, 2.05) is 0 Å². The van der Waals surface area contributed by atoms with E-state index in [-0.39, 0.29) is 19.4 Å². The second-order valence-corrected chi connectivity index (χ2v) is 5.45. The minimum Gasteiger partial charge on any atom is -0.334 e. The Balaban J connectivity index is 2.76. The Bertz CT molecular complexity index is 379. The first-order valence-corrected chi connectivity index (χ1v) is 6.11. The molecule has 0 saturated carbocycles. The van der Waals surface area contributed by atoms with Gasteiger partial charge in [-0.25, -0.2) is 13.6 Å². The van der Waals surface area contributed by atoms with Crippen molar-refractivity contribution in [3.05, 3.63) is 0 Å². The molecule has 1 atom stereocenters. The Morgan fingerprint density at radius 3 is 2.38 bits per heavy atom. The lowest BCUT2D eigenvalue weighted by molar-refractivity contribution is -0.186. The summed E-state index contributed by atoms with van der Waals surface area (Å²) >= 11 is 0. The molecule has 1 fully saturated rings. The van der Waals surface area contributed by atoms with E-state index in [0.29, 0.717) is 4.90 Å². The number of hydrogen-bond donors (Lipinski definition) is 1. The van der Waals surface area contributed by atoms with Crippen molar-refractivity contribution in [3.63, 3.8) is 0 Å². The standard InChI is InChI=1S/C7H11F3N2O3S/c8-7(9,10)6(13)12-3-1-2-5(4-12)16(11,14)15/h5H,1-4H2,(H2,11,14,15). The summed E-state index contributed by atoms with van der Waals surface area (Å²) in [6, 6.07) is 0. The number of nitrogens with two attached hydrogens (primary N) is 1. The van der Waals surface area contributed by atoms with Gasteiger partial charge in [-0.3, -0.25) is 4.79 Å². The fraction of sp³-hybridized carbons (Fsp3) is 0.857. The van der Waals surface area contributed by atoms with Gasteiger partial charge in [0.2, 0.25) is 10.0 Å². The SMILES string of the molecule is NS(=O)(=O)C1CCCN(C(=O)C(F)(F)F)C1. The average Bonchev–Trinajstić information content (AvgIpc) is 2.14. The smallest absolute Gasteiger partial charge is 0.334 e. The van der Waals surface area contributed by atoms with Crippen LogP contribution in [0, 0.1) is 0 Å². The summed E-state index contributed by atoms with van der Waals surface area (Å²) in [4.78, 5) is 11.3. The van der Waals surface area contributed by atoms with Crippen LogP contribution in [0.25, 0.3) is 0 Å². The molecule has 0 spiro atoms. The molecule has 1 aliphatic rings. The van der Waals surface area contributed by atoms with E-state index >= 15 is 0 Å². The molecule has 0 bridgehead atoms. The number of piperidine rings is 1. The van der Waals surface area contributed by atoms with Gasteiger partial charge in [0.25, 0.3) is 0 Å². The summed E-state index contributed by atoms with van der Waals surface area (Å²) in [6.07, 6.45) is -4.59. The molecule has 0 aliphatic carbocycles. The largest absolute Gasteiger partial charge is 0.471 e. The maximum Gasteiger partial charge on any atom is 0.471 e. The molecular formula is C7H11F3N2O3S. The fourth-order valence-corrected chi connectivity index (χ4v) is 2.45. The Morgan fingerprint density at radius 2 is 1.94 bits per heavy atom. The zero-order valence-corrected chi connectivity index (χ0v) is 9.01. The van der Waals surface area contributed by atoms with Crippen molar-refractivity contribution in [1.29, 1.82) is 0 Å². The molecule has 1 rings (SSSR count). The first-order chi connectivity index (χ1) is 7.12. The van der Waals surface area contributed by atoms with Gasteiger partial charge < -0.3 is 4.90 Å². The van der Waals surface area contributed by atoms with Gasteiger partial charge in [0.05, 0.1) is 5.25 Å². The highest BCUT2D eigenvalue weighted by molar-refractivity contribution is 7.89. The van der Waals surface area contributed by atoms with Crippen LogP contribution in [0.1, 0.15) is 12.8 Å². The lowest BCUT2D eigenvalue weighted by atomic mass is 10.1. The number of nitrogens with zero attached hydrogens (tertiary/aromatic N) is 1. The quantitative estimate of drug-likeness (QED) is 0.710. The number of amides is 1. The molecule has 1 aliphatic heterocycles. The third-order valence-electron chi connectivity index (χ3n) is 2.37. The van der Waals surface area contributed by atoms with E-state index in [9.17, 15) is 26.4 Å². The molecule has 94 valence electrons. The third kappa shape index (κ3) is 3.08. The minimum absolute atomic E-state index is 0.0929. The predicted octanol–water partition coefficient (Wildman–Crippen LogP) is -0.172. The molecule has 0 aromatic rings. The Hall–Kier alpha value is -0.830. The Labute approximate surface area is 90.4 Å². The minimum atomic E-state index is -4.97. The van der Waals surface area contributed by atoms with E-state index in [2.05, 4.69) is 0 Å². The Morgan fingerprint density at radius 1 is 1.38 bits per heavy atom. The lowest BCUT2D eigenvalue weighted by Crippen LogP contribution is -2.50. The predicted molar refractivity (Wildman–Crippen MR) is 48.8 cm³/mol. The molecule has 1 saturated heterocycles. The Kier molecular flexibility index (Phi) is 3.48. The zero-order chi connectivity index (χ0) is 12.6. The van der Waals surface area contributed by atoms with E-state index in [4.69, 9.17) is 5.14 Å². The molecule has 1 heterocycles. The number of primary sulfonamides is 1. The van der Waals surface area contributed by atoms with Crippen LogP contribution in [0.4, 0.5) is 13.2 Å². The lowest BCUT2D eigenvalue weighted by Gasteiger charge is -2.31. The van der Waals surface area contributed by atoms with Crippen LogP contribution >= 0.6 is 0 Å². The fourth-order valence-electron chi connectivity index (χ4n) is 1.57. The van der Waals surface area contributed by atoms with Crippen LogP contribution in [0.15, 0.2) is 0 Å². The molecule has 5 nitrogen and oxygen atoms in total. The molecule has 1 amide bonds. The van der Waals surface area contributed by atoms with Crippen molar-refractivity contribution >= 4 is 15.9 Å². The summed E-state index contributed by atoms with van der Waals surface area (Å²) in [7, 11) is -3.90. The van der Waals surface area contributed by atoms with Gasteiger partial charge in [0.15, 0.2) is 0 Å². The highest BCUT2D eigenvalue weighted by atomic mass is 32.2. The highest BCUT2D eigenvalue weighted by Gasteiger charge is 2.44. The molecule has 2 N–H and O–H groups in total. The highest BCUT2D eigenvalue weighted by Crippen LogP contribution is 2.23. The normalized spacial score (nSPS) is 23.2. The number of carbonyl (C=O) groups excluding carboxylic acids is 1. The third-order valence-corrected chi connectivity index (χ3v) is 3.69. The van der Waals surface area contributed by atoms with Crippen molar-refractivity contribution in [2.75, 3.05) is 13.1 Å². The zero-order valence-electron chi connectivity index (χ0n) is 8.20. The van der Waals surface area contributed by atoms with Gasteiger partial charge in [-0.2, -0.15) is 13.2 Å². The van der Waals surface area contributed by atoms with Crippen molar-refractivity contribution in [3.8, 4) is 0 Å². The summed E-state index contributed by atoms with van der Waals surface area (Å²) < 4.78 is 58.2. The van der Waals surface area contributed by atoms with E-state index in [0.717, 1.165) is 0 Å². The first-order valence-electron chi connectivity index (χ1n) is 4.50. The summed E-state index contributed by atoms with van der Waals surface area (Å²) in [6.45, 7) is -0.582. The number of alkyl halides is 3. The molecule has 0 radical (unpaired) electrons. The van der Waals surface area contributed by atoms with Crippen molar-refractivity contribution in [2.24, 2.45) is 5.14 Å². The number of carbonyl (C=O) groups is 1. The van der Waals surface area contributed by atoms with Gasteiger partial charge in [-0.1, -0.05) is 0 Å². The van der Waals surface area contributed by atoms with Gasteiger partial charge in [-0.15, -0.1) is 0 Å². The number of sulfonamides is 1. The van der Waals surface area contributed by atoms with Gasteiger partial charge in [0.1, 0.15) is 0 Å². The number of rotatable bonds is 1. The monoisotopic (exact) mass is 260 g/mol. The van der Waals surface area contributed by atoms with Crippen LogP contribution in [-0.4, -0.2) is 43.7 Å². The maximum absolute atomic E-state index is 12.1. The molecule has 1 unspecified atom stereocenters. The van der Waals surface area contributed by atoms with Crippen LogP contribution in [0.2, 0.25) is 0 Å².